The Kier molecular flexibility index (Phi) is 5.96. The Balaban J connectivity index is 1.84. The first-order valence-corrected chi connectivity index (χ1v) is 10.1. The quantitative estimate of drug-likeness (QED) is 0.793. The maximum absolute atomic E-state index is 13.1. The first kappa shape index (κ1) is 20.9. The van der Waals surface area contributed by atoms with Crippen LogP contribution in [0, 0.1) is 20.8 Å². The van der Waals surface area contributed by atoms with Crippen LogP contribution in [0.2, 0.25) is 0 Å². The normalized spacial score (nSPS) is 15.6. The van der Waals surface area contributed by atoms with E-state index >= 15 is 0 Å². The third kappa shape index (κ3) is 4.14. The first-order chi connectivity index (χ1) is 13.7. The van der Waals surface area contributed by atoms with Crippen LogP contribution in [0.25, 0.3) is 0 Å². The monoisotopic (exact) mass is 394 g/mol. The summed E-state index contributed by atoms with van der Waals surface area (Å²) >= 11 is 0. The van der Waals surface area contributed by atoms with Crippen molar-refractivity contribution in [1.29, 1.82) is 0 Å². The van der Waals surface area contributed by atoms with Gasteiger partial charge in [-0.2, -0.15) is 0 Å². The molecule has 0 bridgehead atoms. The molecule has 3 rings (SSSR count). The minimum atomic E-state index is -0.632. The number of benzene rings is 2. The molecule has 1 aliphatic rings. The van der Waals surface area contributed by atoms with Gasteiger partial charge in [-0.05, 0) is 55.0 Å². The van der Waals surface area contributed by atoms with Crippen molar-refractivity contribution in [2.24, 2.45) is 0 Å². The zero-order valence-corrected chi connectivity index (χ0v) is 18.1. The number of rotatable bonds is 6. The molecule has 0 saturated carbocycles. The van der Waals surface area contributed by atoms with Crippen LogP contribution in [0.3, 0.4) is 0 Å². The third-order valence-corrected chi connectivity index (χ3v) is 5.42. The molecule has 5 nitrogen and oxygen atoms in total. The fourth-order valence-electron chi connectivity index (χ4n) is 3.98. The zero-order chi connectivity index (χ0) is 21.3. The molecule has 0 aromatic heterocycles. The van der Waals surface area contributed by atoms with Crippen molar-refractivity contribution in [3.05, 3.63) is 58.1 Å². The van der Waals surface area contributed by atoms with Crippen molar-refractivity contribution in [3.63, 3.8) is 0 Å². The molecule has 0 radical (unpaired) electrons. The largest absolute Gasteiger partial charge is 0.491 e. The van der Waals surface area contributed by atoms with E-state index in [4.69, 9.17) is 4.74 Å². The number of hydrogen-bond acceptors (Lipinski definition) is 3. The van der Waals surface area contributed by atoms with E-state index in [-0.39, 0.29) is 11.8 Å². The fourth-order valence-corrected chi connectivity index (χ4v) is 3.98. The second-order valence-corrected chi connectivity index (χ2v) is 8.13. The van der Waals surface area contributed by atoms with Gasteiger partial charge in [-0.1, -0.05) is 38.1 Å². The SMILES string of the molecule is CC(=O)NC1C(=O)N(CCOc2cc(C)ccc2C(C)C)c2c(C)ccc(C)c21. The minimum Gasteiger partial charge on any atom is -0.491 e. The van der Waals surface area contributed by atoms with E-state index in [1.165, 1.54) is 6.92 Å². The van der Waals surface area contributed by atoms with E-state index in [0.29, 0.717) is 19.1 Å². The van der Waals surface area contributed by atoms with Crippen molar-refractivity contribution in [3.8, 4) is 5.75 Å². The molecule has 2 aromatic carbocycles. The Morgan fingerprint density at radius 1 is 1.14 bits per heavy atom. The highest BCUT2D eigenvalue weighted by Gasteiger charge is 2.39. The average molecular weight is 395 g/mol. The van der Waals surface area contributed by atoms with E-state index in [0.717, 1.165) is 39.3 Å². The number of hydrogen-bond donors (Lipinski definition) is 1. The van der Waals surface area contributed by atoms with Gasteiger partial charge in [0, 0.05) is 12.5 Å². The molecule has 5 heteroatoms. The van der Waals surface area contributed by atoms with Gasteiger partial charge in [0.05, 0.1) is 12.2 Å². The number of nitrogens with zero attached hydrogens (tertiary/aromatic N) is 1. The van der Waals surface area contributed by atoms with Crippen LogP contribution in [-0.4, -0.2) is 25.0 Å². The van der Waals surface area contributed by atoms with Crippen molar-refractivity contribution >= 4 is 17.5 Å². The van der Waals surface area contributed by atoms with Gasteiger partial charge in [-0.25, -0.2) is 0 Å². The summed E-state index contributed by atoms with van der Waals surface area (Å²) in [6.45, 7) is 12.5. The summed E-state index contributed by atoms with van der Waals surface area (Å²) in [7, 11) is 0. The van der Waals surface area contributed by atoms with Crippen LogP contribution in [0.4, 0.5) is 5.69 Å². The molecule has 1 atom stereocenters. The third-order valence-electron chi connectivity index (χ3n) is 5.42. The van der Waals surface area contributed by atoms with Crippen LogP contribution in [0.1, 0.15) is 60.5 Å². The Morgan fingerprint density at radius 3 is 2.48 bits per heavy atom. The zero-order valence-electron chi connectivity index (χ0n) is 18.1. The Bertz CT molecular complexity index is 949. The molecule has 0 saturated heterocycles. The lowest BCUT2D eigenvalue weighted by atomic mass is 9.99. The van der Waals surface area contributed by atoms with Gasteiger partial charge in [-0.15, -0.1) is 0 Å². The first-order valence-electron chi connectivity index (χ1n) is 10.1. The maximum atomic E-state index is 13.1. The minimum absolute atomic E-state index is 0.107. The fraction of sp³-hybridized carbons (Fsp3) is 0.417. The summed E-state index contributed by atoms with van der Waals surface area (Å²) in [5, 5.41) is 2.81. The van der Waals surface area contributed by atoms with Gasteiger partial charge in [-0.3, -0.25) is 9.59 Å². The highest BCUT2D eigenvalue weighted by atomic mass is 16.5. The predicted molar refractivity (Wildman–Crippen MR) is 116 cm³/mol. The van der Waals surface area contributed by atoms with E-state index in [9.17, 15) is 9.59 Å². The smallest absolute Gasteiger partial charge is 0.254 e. The van der Waals surface area contributed by atoms with Crippen LogP contribution in [0.5, 0.6) is 5.75 Å². The van der Waals surface area contributed by atoms with E-state index < -0.39 is 6.04 Å². The highest BCUT2D eigenvalue weighted by Crippen LogP contribution is 2.40. The summed E-state index contributed by atoms with van der Waals surface area (Å²) in [4.78, 5) is 26.6. The number of ether oxygens (including phenoxy) is 1. The van der Waals surface area contributed by atoms with E-state index in [2.05, 4.69) is 31.3 Å². The second kappa shape index (κ2) is 8.27. The number of nitrogens with one attached hydrogen (secondary N) is 1. The van der Waals surface area contributed by atoms with Crippen LogP contribution >= 0.6 is 0 Å². The van der Waals surface area contributed by atoms with E-state index in [1.54, 1.807) is 4.90 Å². The molecule has 1 unspecified atom stereocenters. The summed E-state index contributed by atoms with van der Waals surface area (Å²) in [6, 6.07) is 9.62. The van der Waals surface area contributed by atoms with Gasteiger partial charge in [0.1, 0.15) is 18.4 Å². The van der Waals surface area contributed by atoms with Crippen LogP contribution < -0.4 is 15.0 Å². The van der Waals surface area contributed by atoms with Crippen molar-refractivity contribution in [2.45, 2.75) is 53.5 Å². The lowest BCUT2D eigenvalue weighted by molar-refractivity contribution is -0.126. The summed E-state index contributed by atoms with van der Waals surface area (Å²) < 4.78 is 6.11. The molecule has 1 aliphatic heterocycles. The van der Waals surface area contributed by atoms with Crippen molar-refractivity contribution in [2.75, 3.05) is 18.1 Å². The van der Waals surface area contributed by atoms with Gasteiger partial charge in [0.25, 0.3) is 5.91 Å². The standard InChI is InChI=1S/C24H30N2O3/c1-14(2)19-10-7-15(3)13-20(19)29-12-11-26-23-17(5)9-8-16(4)21(23)22(24(26)28)25-18(6)27/h7-10,13-14,22H,11-12H2,1-6H3,(H,25,27). The molecule has 154 valence electrons. The maximum Gasteiger partial charge on any atom is 0.254 e. The number of amides is 2. The molecular weight excluding hydrogens is 364 g/mol. The van der Waals surface area contributed by atoms with Crippen molar-refractivity contribution < 1.29 is 14.3 Å². The number of carbonyl (C=O) groups excluding carboxylic acids is 2. The molecule has 1 N–H and O–H groups in total. The summed E-state index contributed by atoms with van der Waals surface area (Å²) in [5.74, 6) is 0.902. The molecule has 2 aromatic rings. The second-order valence-electron chi connectivity index (χ2n) is 8.13. The number of anilines is 1. The molecule has 29 heavy (non-hydrogen) atoms. The Morgan fingerprint density at radius 2 is 1.83 bits per heavy atom. The molecular formula is C24H30N2O3. The Labute approximate surface area is 173 Å². The number of fused-ring (bicyclic) bond motifs is 1. The summed E-state index contributed by atoms with van der Waals surface area (Å²) in [5.41, 5.74) is 6.11. The van der Waals surface area contributed by atoms with Crippen LogP contribution in [-0.2, 0) is 9.59 Å². The lowest BCUT2D eigenvalue weighted by Gasteiger charge is -2.21. The topological polar surface area (TPSA) is 58.6 Å². The van der Waals surface area contributed by atoms with Gasteiger partial charge in [0.2, 0.25) is 5.91 Å². The summed E-state index contributed by atoms with van der Waals surface area (Å²) in [6.07, 6.45) is 0. The average Bonchev–Trinajstić information content (AvgIpc) is 2.91. The molecule has 2 amide bonds. The van der Waals surface area contributed by atoms with Crippen LogP contribution in [0.15, 0.2) is 30.3 Å². The number of aryl methyl sites for hydroxylation is 3. The van der Waals surface area contributed by atoms with Gasteiger partial charge in [0.15, 0.2) is 0 Å². The van der Waals surface area contributed by atoms with Crippen molar-refractivity contribution in [1.82, 2.24) is 5.32 Å². The van der Waals surface area contributed by atoms with E-state index in [1.807, 2.05) is 39.0 Å². The van der Waals surface area contributed by atoms with Gasteiger partial charge >= 0.3 is 0 Å². The molecule has 0 spiro atoms. The van der Waals surface area contributed by atoms with Gasteiger partial charge < -0.3 is 15.0 Å². The Hall–Kier alpha value is -2.82. The lowest BCUT2D eigenvalue weighted by Crippen LogP contribution is -2.38. The highest BCUT2D eigenvalue weighted by molar-refractivity contribution is 6.07. The molecule has 0 aliphatic carbocycles. The number of carbonyl (C=O) groups is 2. The predicted octanol–water partition coefficient (Wildman–Crippen LogP) is 4.34. The molecule has 0 fully saturated rings. The molecule has 1 heterocycles.